The number of thioether (sulfide) groups is 1. The van der Waals surface area contributed by atoms with E-state index >= 15 is 0 Å². The van der Waals surface area contributed by atoms with Crippen LogP contribution < -0.4 is 10.1 Å². The number of rotatable bonds is 8. The highest BCUT2D eigenvalue weighted by Crippen LogP contribution is 2.26. The second kappa shape index (κ2) is 9.84. The fourth-order valence-electron chi connectivity index (χ4n) is 3.61. The quantitative estimate of drug-likeness (QED) is 0.691. The predicted molar refractivity (Wildman–Crippen MR) is 113 cm³/mol. The first-order chi connectivity index (χ1) is 13.2. The maximum absolute atomic E-state index is 12.4. The number of ether oxygens (including phenoxy) is 1. The topological polar surface area (TPSA) is 38.3 Å². The van der Waals surface area contributed by atoms with Gasteiger partial charge >= 0.3 is 0 Å². The van der Waals surface area contributed by atoms with Crippen molar-refractivity contribution in [2.75, 3.05) is 12.9 Å². The Kier molecular flexibility index (Phi) is 7.22. The van der Waals surface area contributed by atoms with Gasteiger partial charge in [0.15, 0.2) is 0 Å². The minimum absolute atomic E-state index is 0.103. The van der Waals surface area contributed by atoms with Crippen molar-refractivity contribution in [3.8, 4) is 5.75 Å². The normalized spacial score (nSPS) is 14.3. The third kappa shape index (κ3) is 5.52. The van der Waals surface area contributed by atoms with Gasteiger partial charge < -0.3 is 10.1 Å². The molecule has 1 aliphatic rings. The largest absolute Gasteiger partial charge is 0.497 e. The Morgan fingerprint density at radius 1 is 1.11 bits per heavy atom. The van der Waals surface area contributed by atoms with E-state index in [2.05, 4.69) is 30.4 Å². The van der Waals surface area contributed by atoms with Gasteiger partial charge in [-0.25, -0.2) is 0 Å². The monoisotopic (exact) mass is 383 g/mol. The minimum Gasteiger partial charge on any atom is -0.497 e. The molecule has 3 rings (SSSR count). The summed E-state index contributed by atoms with van der Waals surface area (Å²) in [6.07, 6.45) is 5.85. The molecule has 0 spiro atoms. The fraction of sp³-hybridized carbons (Fsp3) is 0.435. The van der Waals surface area contributed by atoms with Crippen LogP contribution in [0, 0.1) is 0 Å². The molecule has 0 bridgehead atoms. The Morgan fingerprint density at radius 2 is 1.85 bits per heavy atom. The Labute approximate surface area is 166 Å². The van der Waals surface area contributed by atoms with E-state index in [0.29, 0.717) is 5.75 Å². The summed E-state index contributed by atoms with van der Waals surface area (Å²) in [5.74, 6) is 2.27. The number of aryl methyl sites for hydroxylation is 2. The lowest BCUT2D eigenvalue weighted by molar-refractivity contribution is -0.119. The molecule has 0 saturated carbocycles. The van der Waals surface area contributed by atoms with Crippen LogP contribution in [0.25, 0.3) is 0 Å². The number of benzene rings is 2. The molecule has 3 nitrogen and oxygen atoms in total. The van der Waals surface area contributed by atoms with Crippen LogP contribution >= 0.6 is 11.8 Å². The smallest absolute Gasteiger partial charge is 0.230 e. The average Bonchev–Trinajstić information content (AvgIpc) is 2.72. The number of hydrogen-bond donors (Lipinski definition) is 1. The maximum Gasteiger partial charge on any atom is 0.230 e. The van der Waals surface area contributed by atoms with Gasteiger partial charge in [0.2, 0.25) is 5.91 Å². The Balaban J connectivity index is 1.50. The standard InChI is InChI=1S/C23H29NO2S/c1-3-22(20-11-10-18-6-4-5-7-19(18)14-20)24-23(25)16-27-15-17-8-12-21(26-2)13-9-17/h8-14,22H,3-7,15-16H2,1-2H3,(H,24,25). The van der Waals surface area contributed by atoms with E-state index in [1.807, 2.05) is 24.3 Å². The van der Waals surface area contributed by atoms with Crippen LogP contribution in [0.5, 0.6) is 5.75 Å². The van der Waals surface area contributed by atoms with Crippen molar-refractivity contribution in [3.05, 3.63) is 64.7 Å². The molecule has 144 valence electrons. The van der Waals surface area contributed by atoms with Gasteiger partial charge in [-0.2, -0.15) is 0 Å². The first-order valence-corrected chi connectivity index (χ1v) is 11.0. The summed E-state index contributed by atoms with van der Waals surface area (Å²) in [5.41, 5.74) is 5.41. The van der Waals surface area contributed by atoms with Crippen LogP contribution in [0.3, 0.4) is 0 Å². The van der Waals surface area contributed by atoms with Crippen molar-refractivity contribution < 1.29 is 9.53 Å². The van der Waals surface area contributed by atoms with E-state index in [1.54, 1.807) is 18.9 Å². The Bertz CT molecular complexity index is 757. The van der Waals surface area contributed by atoms with Crippen LogP contribution in [0.1, 0.15) is 54.5 Å². The molecule has 27 heavy (non-hydrogen) atoms. The molecule has 0 fully saturated rings. The van der Waals surface area contributed by atoms with Crippen molar-refractivity contribution in [2.24, 2.45) is 0 Å². The predicted octanol–water partition coefficient (Wildman–Crippen LogP) is 5.07. The summed E-state index contributed by atoms with van der Waals surface area (Å²) in [5, 5.41) is 3.21. The SMILES string of the molecule is CCC(NC(=O)CSCc1ccc(OC)cc1)c1ccc2c(c1)CCCC2. The number of fused-ring (bicyclic) bond motifs is 1. The molecule has 0 heterocycles. The van der Waals surface area contributed by atoms with Gasteiger partial charge in [0, 0.05) is 5.75 Å². The summed E-state index contributed by atoms with van der Waals surface area (Å²) in [7, 11) is 1.67. The molecular formula is C23H29NO2S. The van der Waals surface area contributed by atoms with E-state index in [4.69, 9.17) is 4.74 Å². The van der Waals surface area contributed by atoms with Crippen molar-refractivity contribution in [1.29, 1.82) is 0 Å². The highest BCUT2D eigenvalue weighted by Gasteiger charge is 2.16. The molecular weight excluding hydrogens is 354 g/mol. The summed E-state index contributed by atoms with van der Waals surface area (Å²) in [4.78, 5) is 12.4. The number of nitrogens with one attached hydrogen (secondary N) is 1. The van der Waals surface area contributed by atoms with Gasteiger partial charge in [-0.1, -0.05) is 37.3 Å². The third-order valence-electron chi connectivity index (χ3n) is 5.18. The van der Waals surface area contributed by atoms with Gasteiger partial charge in [-0.3, -0.25) is 4.79 Å². The molecule has 1 unspecified atom stereocenters. The van der Waals surface area contributed by atoms with Crippen LogP contribution in [-0.4, -0.2) is 18.8 Å². The van der Waals surface area contributed by atoms with Gasteiger partial charge in [0.1, 0.15) is 5.75 Å². The lowest BCUT2D eigenvalue weighted by Crippen LogP contribution is -2.29. The van der Waals surface area contributed by atoms with Gasteiger partial charge in [-0.05, 0) is 66.5 Å². The second-order valence-corrected chi connectivity index (χ2v) is 8.09. The van der Waals surface area contributed by atoms with E-state index < -0.39 is 0 Å². The van der Waals surface area contributed by atoms with E-state index in [0.717, 1.165) is 17.9 Å². The lowest BCUT2D eigenvalue weighted by Gasteiger charge is -2.21. The summed E-state index contributed by atoms with van der Waals surface area (Å²) >= 11 is 1.65. The molecule has 1 N–H and O–H groups in total. The highest BCUT2D eigenvalue weighted by atomic mass is 32.2. The van der Waals surface area contributed by atoms with Crippen LogP contribution in [0.4, 0.5) is 0 Å². The first-order valence-electron chi connectivity index (χ1n) is 9.81. The Morgan fingerprint density at radius 3 is 2.56 bits per heavy atom. The molecule has 1 aliphatic carbocycles. The van der Waals surface area contributed by atoms with Crippen LogP contribution in [-0.2, 0) is 23.4 Å². The number of methoxy groups -OCH3 is 1. The van der Waals surface area contributed by atoms with Gasteiger partial charge in [0.05, 0.1) is 18.9 Å². The zero-order chi connectivity index (χ0) is 19.1. The highest BCUT2D eigenvalue weighted by molar-refractivity contribution is 7.99. The number of hydrogen-bond acceptors (Lipinski definition) is 3. The average molecular weight is 384 g/mol. The zero-order valence-corrected chi connectivity index (χ0v) is 17.1. The summed E-state index contributed by atoms with van der Waals surface area (Å²) in [6.45, 7) is 2.13. The van der Waals surface area contributed by atoms with Gasteiger partial charge in [-0.15, -0.1) is 11.8 Å². The molecule has 1 amide bonds. The van der Waals surface area contributed by atoms with Crippen molar-refractivity contribution in [2.45, 2.75) is 50.8 Å². The molecule has 0 aromatic heterocycles. The fourth-order valence-corrected chi connectivity index (χ4v) is 4.41. The third-order valence-corrected chi connectivity index (χ3v) is 6.18. The summed E-state index contributed by atoms with van der Waals surface area (Å²) < 4.78 is 5.17. The number of carbonyl (C=O) groups is 1. The van der Waals surface area contributed by atoms with Crippen LogP contribution in [0.2, 0.25) is 0 Å². The first kappa shape index (κ1) is 19.8. The minimum atomic E-state index is 0.103. The molecule has 2 aromatic rings. The zero-order valence-electron chi connectivity index (χ0n) is 16.3. The molecule has 2 aromatic carbocycles. The number of amides is 1. The van der Waals surface area contributed by atoms with Crippen LogP contribution in [0.15, 0.2) is 42.5 Å². The second-order valence-electron chi connectivity index (χ2n) is 7.10. The van der Waals surface area contributed by atoms with E-state index in [1.165, 1.54) is 47.9 Å². The lowest BCUT2D eigenvalue weighted by atomic mass is 9.89. The van der Waals surface area contributed by atoms with E-state index in [-0.39, 0.29) is 11.9 Å². The molecule has 1 atom stereocenters. The Hall–Kier alpha value is -1.94. The van der Waals surface area contributed by atoms with E-state index in [9.17, 15) is 4.79 Å². The molecule has 0 saturated heterocycles. The van der Waals surface area contributed by atoms with Crippen molar-refractivity contribution in [3.63, 3.8) is 0 Å². The maximum atomic E-state index is 12.4. The molecule has 4 heteroatoms. The molecule has 0 radical (unpaired) electrons. The van der Waals surface area contributed by atoms with Crippen molar-refractivity contribution >= 4 is 17.7 Å². The summed E-state index contributed by atoms with van der Waals surface area (Å²) in [6, 6.07) is 14.9. The molecule has 0 aliphatic heterocycles. The number of carbonyl (C=O) groups excluding carboxylic acids is 1. The van der Waals surface area contributed by atoms with Crippen molar-refractivity contribution in [1.82, 2.24) is 5.32 Å². The van der Waals surface area contributed by atoms with Gasteiger partial charge in [0.25, 0.3) is 0 Å².